The zero-order chi connectivity index (χ0) is 8.43. The van der Waals surface area contributed by atoms with Crippen molar-refractivity contribution in [2.24, 2.45) is 17.8 Å². The highest BCUT2D eigenvalue weighted by Crippen LogP contribution is 2.31. The van der Waals surface area contributed by atoms with Gasteiger partial charge in [0, 0.05) is 12.8 Å². The Morgan fingerprint density at radius 3 is 2.45 bits per heavy atom. The van der Waals surface area contributed by atoms with E-state index in [2.05, 4.69) is 20.8 Å². The first-order valence-corrected chi connectivity index (χ1v) is 4.61. The summed E-state index contributed by atoms with van der Waals surface area (Å²) < 4.78 is 0. The van der Waals surface area contributed by atoms with Crippen LogP contribution in [0.1, 0.15) is 40.0 Å². The van der Waals surface area contributed by atoms with E-state index in [1.165, 1.54) is 6.42 Å². The Morgan fingerprint density at radius 1 is 1.36 bits per heavy atom. The zero-order valence-electron chi connectivity index (χ0n) is 7.76. The molecule has 11 heavy (non-hydrogen) atoms. The first kappa shape index (κ1) is 8.76. The lowest BCUT2D eigenvalue weighted by Gasteiger charge is -2.28. The second-order valence-corrected chi connectivity index (χ2v) is 4.29. The topological polar surface area (TPSA) is 17.1 Å². The Morgan fingerprint density at radius 2 is 2.00 bits per heavy atom. The maximum atomic E-state index is 11.2. The van der Waals surface area contributed by atoms with Crippen LogP contribution in [0.25, 0.3) is 0 Å². The van der Waals surface area contributed by atoms with Crippen molar-refractivity contribution in [2.75, 3.05) is 0 Å². The van der Waals surface area contributed by atoms with E-state index in [0.717, 1.165) is 12.8 Å². The number of hydrogen-bond acceptors (Lipinski definition) is 1. The van der Waals surface area contributed by atoms with Crippen molar-refractivity contribution in [3.63, 3.8) is 0 Å². The average molecular weight is 154 g/mol. The zero-order valence-corrected chi connectivity index (χ0v) is 7.76. The molecule has 64 valence electrons. The van der Waals surface area contributed by atoms with Gasteiger partial charge in [-0.15, -0.1) is 0 Å². The summed E-state index contributed by atoms with van der Waals surface area (Å²) in [6.45, 7) is 6.62. The van der Waals surface area contributed by atoms with Gasteiger partial charge in [-0.1, -0.05) is 20.8 Å². The van der Waals surface area contributed by atoms with Gasteiger partial charge in [-0.2, -0.15) is 0 Å². The molecule has 0 spiro atoms. The molecule has 0 N–H and O–H groups in total. The van der Waals surface area contributed by atoms with E-state index in [9.17, 15) is 4.79 Å². The third-order valence-corrected chi connectivity index (χ3v) is 2.71. The molecule has 2 atom stereocenters. The van der Waals surface area contributed by atoms with Crippen LogP contribution in [-0.2, 0) is 4.79 Å². The fourth-order valence-corrected chi connectivity index (χ4v) is 1.96. The van der Waals surface area contributed by atoms with Crippen LogP contribution in [0.3, 0.4) is 0 Å². The Labute approximate surface area is 69.2 Å². The van der Waals surface area contributed by atoms with Crippen molar-refractivity contribution < 1.29 is 4.79 Å². The summed E-state index contributed by atoms with van der Waals surface area (Å²) in [5, 5.41) is 0. The van der Waals surface area contributed by atoms with Crippen LogP contribution in [0, 0.1) is 17.8 Å². The maximum Gasteiger partial charge on any atom is 0.133 e. The van der Waals surface area contributed by atoms with E-state index < -0.39 is 0 Å². The number of Topliss-reactive ketones (excluding diaryl/α,β-unsaturated/α-hetero) is 1. The average Bonchev–Trinajstić information content (AvgIpc) is 1.85. The predicted octanol–water partition coefficient (Wildman–Crippen LogP) is 2.65. The summed E-state index contributed by atoms with van der Waals surface area (Å²) in [6, 6.07) is 0. The van der Waals surface area contributed by atoms with Gasteiger partial charge < -0.3 is 0 Å². The third kappa shape index (κ3) is 2.32. The van der Waals surface area contributed by atoms with Crippen molar-refractivity contribution >= 4 is 5.78 Å². The monoisotopic (exact) mass is 154 g/mol. The fraction of sp³-hybridized carbons (Fsp3) is 0.900. The van der Waals surface area contributed by atoms with Crippen LogP contribution in [-0.4, -0.2) is 5.78 Å². The lowest BCUT2D eigenvalue weighted by atomic mass is 9.76. The van der Waals surface area contributed by atoms with Gasteiger partial charge in [-0.3, -0.25) is 4.79 Å². The van der Waals surface area contributed by atoms with Crippen LogP contribution in [0.4, 0.5) is 0 Å². The molecule has 0 aromatic carbocycles. The molecule has 0 aromatic rings. The standard InChI is InChI=1S/C10H18O/c1-7(2)9-4-8(3)5-10(11)6-9/h7-9H,4-6H2,1-3H3/t8-,9?/m0/s1. The second kappa shape index (κ2) is 3.38. The summed E-state index contributed by atoms with van der Waals surface area (Å²) in [6.07, 6.45) is 2.91. The molecule has 0 radical (unpaired) electrons. The maximum absolute atomic E-state index is 11.2. The minimum absolute atomic E-state index is 0.474. The highest BCUT2D eigenvalue weighted by molar-refractivity contribution is 5.79. The van der Waals surface area contributed by atoms with Gasteiger partial charge in [0.25, 0.3) is 0 Å². The largest absolute Gasteiger partial charge is 0.300 e. The van der Waals surface area contributed by atoms with Crippen molar-refractivity contribution in [3.05, 3.63) is 0 Å². The molecule has 1 aliphatic carbocycles. The van der Waals surface area contributed by atoms with Gasteiger partial charge in [-0.25, -0.2) is 0 Å². The molecule has 0 heterocycles. The lowest BCUT2D eigenvalue weighted by molar-refractivity contribution is -0.123. The predicted molar refractivity (Wildman–Crippen MR) is 46.4 cm³/mol. The Kier molecular flexibility index (Phi) is 2.69. The number of carbonyl (C=O) groups excluding carboxylic acids is 1. The van der Waals surface area contributed by atoms with Crippen molar-refractivity contribution in [1.29, 1.82) is 0 Å². The number of carbonyl (C=O) groups is 1. The molecule has 1 saturated carbocycles. The fourth-order valence-electron chi connectivity index (χ4n) is 1.96. The number of ketones is 1. The molecule has 0 saturated heterocycles. The van der Waals surface area contributed by atoms with E-state index in [-0.39, 0.29) is 0 Å². The van der Waals surface area contributed by atoms with Crippen LogP contribution in [0.5, 0.6) is 0 Å². The Hall–Kier alpha value is -0.330. The van der Waals surface area contributed by atoms with Gasteiger partial charge in [-0.05, 0) is 24.2 Å². The molecule has 1 rings (SSSR count). The molecule has 1 heteroatoms. The van der Waals surface area contributed by atoms with E-state index in [1.807, 2.05) is 0 Å². The Balaban J connectivity index is 2.49. The molecule has 0 bridgehead atoms. The summed E-state index contributed by atoms with van der Waals surface area (Å²) in [4.78, 5) is 11.2. The second-order valence-electron chi connectivity index (χ2n) is 4.29. The molecule has 1 nitrogen and oxygen atoms in total. The van der Waals surface area contributed by atoms with Gasteiger partial charge in [0.1, 0.15) is 5.78 Å². The van der Waals surface area contributed by atoms with Crippen LogP contribution >= 0.6 is 0 Å². The molecule has 0 amide bonds. The van der Waals surface area contributed by atoms with Crippen LogP contribution < -0.4 is 0 Å². The Bertz CT molecular complexity index is 149. The van der Waals surface area contributed by atoms with E-state index in [4.69, 9.17) is 0 Å². The van der Waals surface area contributed by atoms with E-state index >= 15 is 0 Å². The highest BCUT2D eigenvalue weighted by Gasteiger charge is 2.26. The van der Waals surface area contributed by atoms with E-state index in [0.29, 0.717) is 23.5 Å². The molecule has 0 aliphatic heterocycles. The molecular weight excluding hydrogens is 136 g/mol. The molecule has 1 unspecified atom stereocenters. The van der Waals surface area contributed by atoms with Gasteiger partial charge in [0.2, 0.25) is 0 Å². The van der Waals surface area contributed by atoms with Crippen LogP contribution in [0.2, 0.25) is 0 Å². The summed E-state index contributed by atoms with van der Waals surface area (Å²) in [7, 11) is 0. The third-order valence-electron chi connectivity index (χ3n) is 2.71. The number of hydrogen-bond donors (Lipinski definition) is 0. The summed E-state index contributed by atoms with van der Waals surface area (Å²) in [5.74, 6) is 2.44. The van der Waals surface area contributed by atoms with Gasteiger partial charge in [0.05, 0.1) is 0 Å². The minimum Gasteiger partial charge on any atom is -0.300 e. The summed E-state index contributed by atoms with van der Waals surface area (Å²) in [5.41, 5.74) is 0. The van der Waals surface area contributed by atoms with Gasteiger partial charge >= 0.3 is 0 Å². The van der Waals surface area contributed by atoms with Gasteiger partial charge in [0.15, 0.2) is 0 Å². The first-order chi connectivity index (χ1) is 5.09. The molecule has 1 aliphatic rings. The normalized spacial score (nSPS) is 32.9. The molecule has 1 fully saturated rings. The van der Waals surface area contributed by atoms with Crippen molar-refractivity contribution in [1.82, 2.24) is 0 Å². The summed E-state index contributed by atoms with van der Waals surface area (Å²) >= 11 is 0. The van der Waals surface area contributed by atoms with Crippen molar-refractivity contribution in [3.8, 4) is 0 Å². The quantitative estimate of drug-likeness (QED) is 0.567. The van der Waals surface area contributed by atoms with E-state index in [1.54, 1.807) is 0 Å². The minimum atomic E-state index is 0.474. The highest BCUT2D eigenvalue weighted by atomic mass is 16.1. The SMILES string of the molecule is CC(C)C1CC(=O)C[C@@H](C)C1. The first-order valence-electron chi connectivity index (χ1n) is 4.61. The van der Waals surface area contributed by atoms with Crippen LogP contribution in [0.15, 0.2) is 0 Å². The molecular formula is C10H18O. The van der Waals surface area contributed by atoms with Crippen molar-refractivity contribution in [2.45, 2.75) is 40.0 Å². The lowest BCUT2D eigenvalue weighted by Crippen LogP contribution is -2.24. The molecule has 0 aromatic heterocycles. The smallest absolute Gasteiger partial charge is 0.133 e. The number of rotatable bonds is 1.